The minimum Gasteiger partial charge on any atom is -0.357 e. The molecule has 1 atom stereocenters. The molecule has 0 aromatic heterocycles. The van der Waals surface area contributed by atoms with E-state index in [1.165, 1.54) is 5.56 Å². The van der Waals surface area contributed by atoms with Gasteiger partial charge in [0.05, 0.1) is 6.54 Å². The predicted molar refractivity (Wildman–Crippen MR) is 120 cm³/mol. The second kappa shape index (κ2) is 11.3. The highest BCUT2D eigenvalue weighted by molar-refractivity contribution is 5.89. The van der Waals surface area contributed by atoms with Crippen molar-refractivity contribution in [2.75, 3.05) is 46.3 Å². The van der Waals surface area contributed by atoms with Crippen LogP contribution in [0.25, 0.3) is 6.08 Å². The van der Waals surface area contributed by atoms with E-state index in [0.29, 0.717) is 6.54 Å². The number of likely N-dealkylation sites (N-methyl/N-ethyl adjacent to an activating group) is 1. The van der Waals surface area contributed by atoms with Crippen molar-refractivity contribution in [2.45, 2.75) is 6.04 Å². The van der Waals surface area contributed by atoms with Crippen LogP contribution in [0.3, 0.4) is 0 Å². The van der Waals surface area contributed by atoms with E-state index in [0.717, 1.165) is 38.3 Å². The Morgan fingerprint density at radius 1 is 0.933 bits per heavy atom. The largest absolute Gasteiger partial charge is 0.357 e. The van der Waals surface area contributed by atoms with E-state index in [2.05, 4.69) is 44.7 Å². The number of carbonyl (C=O) groups excluding carboxylic acids is 2. The fourth-order valence-electron chi connectivity index (χ4n) is 3.53. The van der Waals surface area contributed by atoms with Crippen LogP contribution in [-0.2, 0) is 9.59 Å². The van der Waals surface area contributed by atoms with E-state index in [-0.39, 0.29) is 11.8 Å². The molecule has 158 valence electrons. The Balaban J connectivity index is 1.44. The standard InChI is InChI=1S/C24H30N4O2/c1-25-24(30)23(21-12-6-3-7-13-21)26-22(29)19-28-17-15-27(16-18-28)14-8-11-20-9-4-2-5-10-20/h2-13,23H,14-19H2,1H3,(H,25,30)(H,26,29)/b11-8+. The minimum atomic E-state index is -0.673. The van der Waals surface area contributed by atoms with Crippen LogP contribution in [0.15, 0.2) is 66.7 Å². The Labute approximate surface area is 178 Å². The lowest BCUT2D eigenvalue weighted by Gasteiger charge is -2.33. The van der Waals surface area contributed by atoms with Gasteiger partial charge in [-0.1, -0.05) is 72.8 Å². The summed E-state index contributed by atoms with van der Waals surface area (Å²) in [5.41, 5.74) is 1.98. The van der Waals surface area contributed by atoms with Gasteiger partial charge in [-0.05, 0) is 11.1 Å². The quantitative estimate of drug-likeness (QED) is 0.703. The number of rotatable bonds is 8. The Kier molecular flexibility index (Phi) is 8.18. The molecular formula is C24H30N4O2. The van der Waals surface area contributed by atoms with Crippen molar-refractivity contribution in [3.8, 4) is 0 Å². The van der Waals surface area contributed by atoms with Gasteiger partial charge in [0.1, 0.15) is 6.04 Å². The lowest BCUT2D eigenvalue weighted by atomic mass is 10.1. The van der Waals surface area contributed by atoms with E-state index in [4.69, 9.17) is 0 Å². The number of nitrogens with one attached hydrogen (secondary N) is 2. The number of nitrogens with zero attached hydrogens (tertiary/aromatic N) is 2. The maximum Gasteiger partial charge on any atom is 0.246 e. The SMILES string of the molecule is CNC(=O)C(NC(=O)CN1CCN(C/C=C/c2ccccc2)CC1)c1ccccc1. The smallest absolute Gasteiger partial charge is 0.246 e. The molecule has 6 heteroatoms. The summed E-state index contributed by atoms with van der Waals surface area (Å²) in [4.78, 5) is 29.3. The van der Waals surface area contributed by atoms with Crippen molar-refractivity contribution in [3.05, 3.63) is 77.9 Å². The number of amides is 2. The van der Waals surface area contributed by atoms with Crippen molar-refractivity contribution >= 4 is 17.9 Å². The van der Waals surface area contributed by atoms with Crippen LogP contribution >= 0.6 is 0 Å². The Hall–Kier alpha value is -2.96. The third-order valence-electron chi connectivity index (χ3n) is 5.25. The first kappa shape index (κ1) is 21.7. The van der Waals surface area contributed by atoms with E-state index in [1.54, 1.807) is 7.05 Å². The molecule has 1 aliphatic heterocycles. The number of benzene rings is 2. The van der Waals surface area contributed by atoms with Crippen LogP contribution in [-0.4, -0.2) is 67.9 Å². The summed E-state index contributed by atoms with van der Waals surface area (Å²) in [7, 11) is 1.58. The van der Waals surface area contributed by atoms with Crippen molar-refractivity contribution in [1.29, 1.82) is 0 Å². The Morgan fingerprint density at radius 3 is 2.17 bits per heavy atom. The van der Waals surface area contributed by atoms with Crippen LogP contribution in [0.5, 0.6) is 0 Å². The van der Waals surface area contributed by atoms with Gasteiger partial charge >= 0.3 is 0 Å². The summed E-state index contributed by atoms with van der Waals surface area (Å²) in [6.45, 7) is 4.72. The maximum absolute atomic E-state index is 12.6. The van der Waals surface area contributed by atoms with Gasteiger partial charge in [-0.2, -0.15) is 0 Å². The number of hydrogen-bond acceptors (Lipinski definition) is 4. The van der Waals surface area contributed by atoms with Gasteiger partial charge in [-0.3, -0.25) is 19.4 Å². The predicted octanol–water partition coefficient (Wildman–Crippen LogP) is 1.92. The van der Waals surface area contributed by atoms with E-state index >= 15 is 0 Å². The molecule has 2 aromatic carbocycles. The summed E-state index contributed by atoms with van der Waals surface area (Å²) < 4.78 is 0. The van der Waals surface area contributed by atoms with Crippen LogP contribution in [0.2, 0.25) is 0 Å². The van der Waals surface area contributed by atoms with Crippen molar-refractivity contribution in [3.63, 3.8) is 0 Å². The van der Waals surface area contributed by atoms with Gasteiger partial charge in [-0.25, -0.2) is 0 Å². The first-order chi connectivity index (χ1) is 14.7. The maximum atomic E-state index is 12.6. The fraction of sp³-hybridized carbons (Fsp3) is 0.333. The molecule has 2 aromatic rings. The lowest BCUT2D eigenvalue weighted by molar-refractivity contribution is -0.129. The lowest BCUT2D eigenvalue weighted by Crippen LogP contribution is -2.50. The average molecular weight is 407 g/mol. The van der Waals surface area contributed by atoms with Gasteiger partial charge in [0.15, 0.2) is 0 Å². The molecule has 6 nitrogen and oxygen atoms in total. The van der Waals surface area contributed by atoms with E-state index in [1.807, 2.05) is 48.5 Å². The first-order valence-electron chi connectivity index (χ1n) is 10.4. The van der Waals surface area contributed by atoms with E-state index < -0.39 is 6.04 Å². The Morgan fingerprint density at radius 2 is 1.53 bits per heavy atom. The number of piperazine rings is 1. The molecule has 0 aliphatic carbocycles. The molecule has 0 spiro atoms. The molecule has 1 fully saturated rings. The van der Waals surface area contributed by atoms with Gasteiger partial charge < -0.3 is 10.6 Å². The third kappa shape index (κ3) is 6.54. The summed E-state index contributed by atoms with van der Waals surface area (Å²) >= 11 is 0. The van der Waals surface area contributed by atoms with Crippen LogP contribution in [0.4, 0.5) is 0 Å². The number of hydrogen-bond donors (Lipinski definition) is 2. The highest BCUT2D eigenvalue weighted by Crippen LogP contribution is 2.13. The van der Waals surface area contributed by atoms with Crippen LogP contribution < -0.4 is 10.6 Å². The van der Waals surface area contributed by atoms with Gasteiger partial charge in [-0.15, -0.1) is 0 Å². The zero-order valence-corrected chi connectivity index (χ0v) is 17.5. The molecule has 0 radical (unpaired) electrons. The summed E-state index contributed by atoms with van der Waals surface area (Å²) in [5, 5.41) is 5.51. The summed E-state index contributed by atoms with van der Waals surface area (Å²) in [5.74, 6) is -0.352. The highest BCUT2D eigenvalue weighted by Gasteiger charge is 2.24. The van der Waals surface area contributed by atoms with Gasteiger partial charge in [0.2, 0.25) is 11.8 Å². The second-order valence-electron chi connectivity index (χ2n) is 7.42. The molecule has 1 heterocycles. The van der Waals surface area contributed by atoms with Crippen molar-refractivity contribution in [2.24, 2.45) is 0 Å². The Bertz CT molecular complexity index is 831. The molecule has 1 saturated heterocycles. The molecular weight excluding hydrogens is 376 g/mol. The molecule has 1 unspecified atom stereocenters. The molecule has 3 rings (SSSR count). The summed E-state index contributed by atoms with van der Waals surface area (Å²) in [6.07, 6.45) is 4.33. The zero-order valence-electron chi connectivity index (χ0n) is 17.5. The summed E-state index contributed by atoms with van der Waals surface area (Å²) in [6, 6.07) is 18.9. The molecule has 0 saturated carbocycles. The highest BCUT2D eigenvalue weighted by atomic mass is 16.2. The second-order valence-corrected chi connectivity index (χ2v) is 7.42. The molecule has 30 heavy (non-hydrogen) atoms. The normalized spacial score (nSPS) is 16.3. The van der Waals surface area contributed by atoms with Crippen molar-refractivity contribution < 1.29 is 9.59 Å². The third-order valence-corrected chi connectivity index (χ3v) is 5.25. The molecule has 1 aliphatic rings. The monoisotopic (exact) mass is 406 g/mol. The van der Waals surface area contributed by atoms with Gasteiger partial charge in [0, 0.05) is 39.8 Å². The van der Waals surface area contributed by atoms with Crippen molar-refractivity contribution in [1.82, 2.24) is 20.4 Å². The first-order valence-corrected chi connectivity index (χ1v) is 10.4. The fourth-order valence-corrected chi connectivity index (χ4v) is 3.53. The zero-order chi connectivity index (χ0) is 21.2. The van der Waals surface area contributed by atoms with Gasteiger partial charge in [0.25, 0.3) is 0 Å². The average Bonchev–Trinajstić information content (AvgIpc) is 2.79. The minimum absolute atomic E-state index is 0.134. The molecule has 0 bridgehead atoms. The van der Waals surface area contributed by atoms with E-state index in [9.17, 15) is 9.59 Å². The van der Waals surface area contributed by atoms with Crippen LogP contribution in [0, 0.1) is 0 Å². The number of carbonyl (C=O) groups is 2. The molecule has 2 N–H and O–H groups in total. The van der Waals surface area contributed by atoms with Crippen LogP contribution in [0.1, 0.15) is 17.2 Å². The topological polar surface area (TPSA) is 64.7 Å². The molecule has 2 amide bonds.